The van der Waals surface area contributed by atoms with E-state index < -0.39 is 0 Å². The van der Waals surface area contributed by atoms with Crippen LogP contribution in [0.5, 0.6) is 0 Å². The van der Waals surface area contributed by atoms with Crippen molar-refractivity contribution in [1.29, 1.82) is 0 Å². The Balaban J connectivity index is 1.58. The van der Waals surface area contributed by atoms with E-state index in [0.29, 0.717) is 23.7 Å². The minimum atomic E-state index is 0.196. The lowest BCUT2D eigenvalue weighted by Gasteiger charge is -2.48. The van der Waals surface area contributed by atoms with Crippen LogP contribution in [0.4, 0.5) is 0 Å². The molecule has 0 aliphatic heterocycles. The predicted octanol–water partition coefficient (Wildman–Crippen LogP) is 7.45. The van der Waals surface area contributed by atoms with Crippen molar-refractivity contribution >= 4 is 5.57 Å². The average molecular weight is 387 g/mol. The first-order valence-electron chi connectivity index (χ1n) is 10.9. The van der Waals surface area contributed by atoms with Gasteiger partial charge in [-0.1, -0.05) is 109 Å². The van der Waals surface area contributed by atoms with Crippen LogP contribution < -0.4 is 0 Å². The lowest BCUT2D eigenvalue weighted by molar-refractivity contribution is 0.335. The summed E-state index contributed by atoms with van der Waals surface area (Å²) in [6.07, 6.45) is 0. The van der Waals surface area contributed by atoms with Crippen LogP contribution in [-0.4, -0.2) is 0 Å². The summed E-state index contributed by atoms with van der Waals surface area (Å²) in [4.78, 5) is 0. The van der Waals surface area contributed by atoms with E-state index in [4.69, 9.17) is 13.2 Å². The maximum Gasteiger partial charge on any atom is 0.0265 e. The lowest BCUT2D eigenvalue weighted by Crippen LogP contribution is -2.38. The molecule has 1 fully saturated rings. The molecule has 2 unspecified atom stereocenters. The molecule has 0 N–H and O–H groups in total. The van der Waals surface area contributed by atoms with Gasteiger partial charge < -0.3 is 0 Å². The Hall–Kier alpha value is -3.12. The van der Waals surface area contributed by atoms with Gasteiger partial charge in [0.25, 0.3) is 0 Å². The van der Waals surface area contributed by atoms with Crippen molar-refractivity contribution in [2.45, 2.75) is 24.7 Å². The third-order valence-corrected chi connectivity index (χ3v) is 7.77. The number of hydrogen-bond donors (Lipinski definition) is 0. The van der Waals surface area contributed by atoms with E-state index in [0.717, 1.165) is 5.57 Å². The molecule has 0 heterocycles. The van der Waals surface area contributed by atoms with Crippen molar-refractivity contribution < 1.29 is 0 Å². The first kappa shape index (κ1) is 17.7. The fraction of sp³-hybridized carbons (Fsp3) is 0.200. The molecule has 2 atom stereocenters. The molecule has 4 aliphatic carbocycles. The van der Waals surface area contributed by atoms with Crippen LogP contribution in [0.2, 0.25) is 0 Å². The van der Waals surface area contributed by atoms with Crippen molar-refractivity contribution in [2.24, 2.45) is 11.8 Å². The Labute approximate surface area is 179 Å². The molecule has 0 heteroatoms. The van der Waals surface area contributed by atoms with Crippen LogP contribution in [0.1, 0.15) is 58.1 Å². The molecule has 0 saturated heterocycles. The Bertz CT molecular complexity index is 1120. The number of benzene rings is 3. The van der Waals surface area contributed by atoms with Crippen LogP contribution >= 0.6 is 0 Å². The summed E-state index contributed by atoms with van der Waals surface area (Å²) in [6.45, 7) is 15.8. The molecular formula is C30H26. The van der Waals surface area contributed by atoms with Crippen LogP contribution in [0.25, 0.3) is 5.57 Å². The quantitative estimate of drug-likeness (QED) is 0.401. The topological polar surface area (TPSA) is 0 Å². The molecule has 0 nitrogen and oxygen atoms in total. The van der Waals surface area contributed by atoms with Crippen LogP contribution in [0.3, 0.4) is 0 Å². The number of hydrogen-bond acceptors (Lipinski definition) is 0. The summed E-state index contributed by atoms with van der Waals surface area (Å²) in [5.41, 5.74) is 12.3. The zero-order valence-electron chi connectivity index (χ0n) is 17.4. The predicted molar refractivity (Wildman–Crippen MR) is 126 cm³/mol. The lowest BCUT2D eigenvalue weighted by atomic mass is 9.54. The average Bonchev–Trinajstić information content (AvgIpc) is 3.04. The Morgan fingerprint density at radius 2 is 0.967 bits per heavy atom. The minimum Gasteiger partial charge on any atom is -0.0986 e. The molecule has 30 heavy (non-hydrogen) atoms. The Kier molecular flexibility index (Phi) is 3.65. The first-order valence-corrected chi connectivity index (χ1v) is 10.9. The van der Waals surface area contributed by atoms with E-state index in [2.05, 4.69) is 86.3 Å². The van der Waals surface area contributed by atoms with Crippen molar-refractivity contribution in [2.75, 3.05) is 0 Å². The zero-order valence-corrected chi connectivity index (χ0v) is 17.4. The maximum atomic E-state index is 4.72. The van der Waals surface area contributed by atoms with Crippen LogP contribution in [-0.2, 0) is 0 Å². The summed E-state index contributed by atoms with van der Waals surface area (Å²) >= 11 is 0. The number of allylic oxidation sites excluding steroid dienone is 3. The molecule has 2 bridgehead atoms. The van der Waals surface area contributed by atoms with E-state index in [1.165, 1.54) is 44.5 Å². The summed E-state index contributed by atoms with van der Waals surface area (Å²) < 4.78 is 0. The molecule has 7 rings (SSSR count). The van der Waals surface area contributed by atoms with E-state index in [-0.39, 0.29) is 5.92 Å². The fourth-order valence-corrected chi connectivity index (χ4v) is 6.73. The van der Waals surface area contributed by atoms with Gasteiger partial charge in [0.15, 0.2) is 0 Å². The van der Waals surface area contributed by atoms with Crippen LogP contribution in [0, 0.1) is 11.8 Å². The second-order valence-corrected chi connectivity index (χ2v) is 9.22. The van der Waals surface area contributed by atoms with E-state index in [9.17, 15) is 0 Å². The van der Waals surface area contributed by atoms with Gasteiger partial charge in [0.1, 0.15) is 0 Å². The highest BCUT2D eigenvalue weighted by molar-refractivity contribution is 5.69. The molecule has 0 radical (unpaired) electrons. The van der Waals surface area contributed by atoms with Gasteiger partial charge in [-0.25, -0.2) is 0 Å². The van der Waals surface area contributed by atoms with Gasteiger partial charge >= 0.3 is 0 Å². The third-order valence-electron chi connectivity index (χ3n) is 7.77. The highest BCUT2D eigenvalue weighted by Gasteiger charge is 2.56. The molecule has 146 valence electrons. The first-order chi connectivity index (χ1) is 14.6. The highest BCUT2D eigenvalue weighted by Crippen LogP contribution is 2.68. The summed E-state index contributed by atoms with van der Waals surface area (Å²) in [5, 5.41) is 0. The largest absolute Gasteiger partial charge is 0.0986 e. The van der Waals surface area contributed by atoms with Gasteiger partial charge in [-0.05, 0) is 52.1 Å². The molecule has 0 aromatic heterocycles. The minimum absolute atomic E-state index is 0.196. The molecular weight excluding hydrogens is 360 g/mol. The number of rotatable bonds is 2. The monoisotopic (exact) mass is 386 g/mol. The molecule has 3 aromatic carbocycles. The second kappa shape index (κ2) is 6.19. The summed E-state index contributed by atoms with van der Waals surface area (Å²) in [5.74, 6) is 1.77. The van der Waals surface area contributed by atoms with Gasteiger partial charge in [-0.15, -0.1) is 0 Å². The Morgan fingerprint density at radius 3 is 1.37 bits per heavy atom. The Morgan fingerprint density at radius 1 is 0.600 bits per heavy atom. The highest BCUT2D eigenvalue weighted by atomic mass is 14.6. The van der Waals surface area contributed by atoms with Crippen molar-refractivity contribution in [3.63, 3.8) is 0 Å². The SMILES string of the molecule is C=C(C)c1ccccc1C1C(=C)C2C3c4ccccc4C(c4ccccc43)C2C1=C. The van der Waals surface area contributed by atoms with Gasteiger partial charge in [0.05, 0.1) is 0 Å². The second-order valence-electron chi connectivity index (χ2n) is 9.22. The molecule has 0 spiro atoms. The molecule has 4 aliphatic rings. The van der Waals surface area contributed by atoms with Gasteiger partial charge in [-0.3, -0.25) is 0 Å². The van der Waals surface area contributed by atoms with Gasteiger partial charge in [0, 0.05) is 17.8 Å². The van der Waals surface area contributed by atoms with Gasteiger partial charge in [0.2, 0.25) is 0 Å². The maximum absolute atomic E-state index is 4.72. The van der Waals surface area contributed by atoms with E-state index in [1.807, 2.05) is 0 Å². The zero-order chi connectivity index (χ0) is 20.6. The van der Waals surface area contributed by atoms with E-state index in [1.54, 1.807) is 0 Å². The summed E-state index contributed by atoms with van der Waals surface area (Å²) in [6, 6.07) is 26.8. The summed E-state index contributed by atoms with van der Waals surface area (Å²) in [7, 11) is 0. The third kappa shape index (κ3) is 2.12. The van der Waals surface area contributed by atoms with Crippen molar-refractivity contribution in [3.8, 4) is 0 Å². The van der Waals surface area contributed by atoms with E-state index >= 15 is 0 Å². The van der Waals surface area contributed by atoms with Crippen molar-refractivity contribution in [1.82, 2.24) is 0 Å². The van der Waals surface area contributed by atoms with Crippen molar-refractivity contribution in [3.05, 3.63) is 137 Å². The molecule has 0 amide bonds. The smallest absolute Gasteiger partial charge is 0.0265 e. The van der Waals surface area contributed by atoms with Gasteiger partial charge in [-0.2, -0.15) is 0 Å². The normalized spacial score (nSPS) is 28.1. The van der Waals surface area contributed by atoms with Crippen LogP contribution in [0.15, 0.2) is 104 Å². The molecule has 3 aromatic rings. The fourth-order valence-electron chi connectivity index (χ4n) is 6.73. The molecule has 1 saturated carbocycles. The standard InChI is InChI=1S/C30H26/c1-17(2)20-11-5-6-12-21(20)26-18(3)27-28(19(26)4)30-24-15-9-7-13-22(24)29(27)23-14-8-10-16-25(23)30/h5-16,26-30H,1,3-4H2,2H3.